The van der Waals surface area contributed by atoms with E-state index in [2.05, 4.69) is 33.8 Å². The van der Waals surface area contributed by atoms with Gasteiger partial charge in [0.2, 0.25) is 6.29 Å². The van der Waals surface area contributed by atoms with E-state index in [-0.39, 0.29) is 30.6 Å². The maximum Gasteiger partial charge on any atom is 0.317 e. The lowest BCUT2D eigenvalue weighted by Gasteiger charge is -2.72. The van der Waals surface area contributed by atoms with E-state index in [4.69, 9.17) is 47.4 Å². The molecule has 0 aromatic carbocycles. The summed E-state index contributed by atoms with van der Waals surface area (Å²) in [5, 5.41) is 187. The van der Waals surface area contributed by atoms with Crippen molar-refractivity contribution in [3.63, 3.8) is 0 Å². The quantitative estimate of drug-likeness (QED) is 0.0465. The minimum atomic E-state index is -2.08. The van der Waals surface area contributed by atoms with Crippen molar-refractivity contribution in [2.24, 2.45) is 50.2 Å². The number of hydrogen-bond donors (Lipinski definition) is 17. The number of hydrogen-bond acceptors (Lipinski definition) is 28. The molecule has 10 aliphatic rings. The van der Waals surface area contributed by atoms with Crippen molar-refractivity contribution in [1.29, 1.82) is 0 Å². The molecule has 0 amide bonds. The van der Waals surface area contributed by atoms with Crippen molar-refractivity contribution in [2.45, 2.75) is 240 Å². The lowest BCUT2D eigenvalue weighted by molar-refractivity contribution is -0.373. The number of carbonyl (C=O) groups excluding carboxylic acids is 1. The van der Waals surface area contributed by atoms with Gasteiger partial charge in [0.05, 0.1) is 64.1 Å². The number of esters is 1. The number of allylic oxidation sites excluding steroid dienone is 2. The second-order valence-electron chi connectivity index (χ2n) is 27.5. The fourth-order valence-electron chi connectivity index (χ4n) is 17.2. The summed E-state index contributed by atoms with van der Waals surface area (Å²) in [5.74, 6) is -2.27. The first-order valence-corrected chi connectivity index (χ1v) is 29.4. The number of rotatable bonds is 13. The highest BCUT2D eigenvalue weighted by Gasteiger charge is 2.74. The van der Waals surface area contributed by atoms with Gasteiger partial charge in [-0.3, -0.25) is 4.79 Å². The lowest BCUT2D eigenvalue weighted by atomic mass is 9.33. The molecule has 0 radical (unpaired) electrons. The van der Waals surface area contributed by atoms with Crippen LogP contribution in [0.15, 0.2) is 11.6 Å². The smallest absolute Gasteiger partial charge is 0.317 e. The molecule has 31 atom stereocenters. The van der Waals surface area contributed by atoms with Gasteiger partial charge >= 0.3 is 5.97 Å². The highest BCUT2D eigenvalue weighted by Crippen LogP contribution is 2.76. The first-order chi connectivity index (χ1) is 39.3. The molecule has 5 saturated heterocycles. The molecule has 0 spiro atoms. The van der Waals surface area contributed by atoms with Crippen LogP contribution in [-0.2, 0) is 52.2 Å². The van der Waals surface area contributed by atoms with Crippen LogP contribution >= 0.6 is 0 Å². The van der Waals surface area contributed by atoms with E-state index in [0.29, 0.717) is 32.1 Å². The van der Waals surface area contributed by atoms with Crippen molar-refractivity contribution in [3.05, 3.63) is 11.6 Å². The van der Waals surface area contributed by atoms with Gasteiger partial charge in [-0.05, 0) is 97.7 Å². The summed E-state index contributed by atoms with van der Waals surface area (Å²) in [6.07, 6.45) is -34.0. The Labute approximate surface area is 485 Å². The molecule has 9 fully saturated rings. The maximum absolute atomic E-state index is 15.4. The SMILES string of the molecule is C[C@@H]1O[C@@H](O[C@H]2[C@H](OC(=O)[C@]34CCC(C)(C)C[C@H]3C3=CC[C@@H]5[C@@]6(C)C[C@H](O)[C@H](O[C@@H]7O[C@H](O)[C@@H](O)[C@H](O)[C@H]7O)C(CO)(CO)[C@@H]6CC[C@@]5(C)[C@]3(C)C[C@H]4O)OC[C@H](O)[C@@H]2O)[C@H](O)[C@H](O)[C@H]1O[C@@H]1OC[C@@H](O)[C@H](O[C@@H]2OC[C@](O)(CO)[C@H]2O)[C@H]1O. The Morgan fingerprint density at radius 2 is 1.23 bits per heavy atom. The molecule has 0 aromatic rings. The second kappa shape index (κ2) is 23.4. The molecule has 0 bridgehead atoms. The van der Waals surface area contributed by atoms with Gasteiger partial charge in [0.1, 0.15) is 84.3 Å². The molecule has 84 heavy (non-hydrogen) atoms. The van der Waals surface area contributed by atoms with Gasteiger partial charge in [0, 0.05) is 5.41 Å². The molecular weight excluding hydrogens is 1120 g/mol. The largest absolute Gasteiger partial charge is 0.432 e. The summed E-state index contributed by atoms with van der Waals surface area (Å²) in [4.78, 5) is 15.4. The molecule has 4 saturated carbocycles. The van der Waals surface area contributed by atoms with E-state index >= 15 is 4.79 Å². The number of ether oxygens (including phenoxy) is 10. The van der Waals surface area contributed by atoms with Crippen molar-refractivity contribution in [2.75, 3.05) is 39.6 Å². The minimum Gasteiger partial charge on any atom is -0.432 e. The zero-order chi connectivity index (χ0) is 61.3. The third kappa shape index (κ3) is 10.3. The number of aliphatic hydroxyl groups is 17. The van der Waals surface area contributed by atoms with Crippen molar-refractivity contribution in [3.8, 4) is 0 Å². The zero-order valence-corrected chi connectivity index (χ0v) is 48.1. The molecule has 0 aromatic heterocycles. The molecule has 17 N–H and O–H groups in total. The molecule has 5 heterocycles. The topological polar surface area (TPSA) is 453 Å². The first kappa shape index (κ1) is 65.1. The Balaban J connectivity index is 0.864. The van der Waals surface area contributed by atoms with Gasteiger partial charge in [-0.25, -0.2) is 0 Å². The fourth-order valence-corrected chi connectivity index (χ4v) is 17.2. The lowest BCUT2D eigenvalue weighted by Crippen LogP contribution is -2.71. The van der Waals surface area contributed by atoms with Crippen LogP contribution in [0.5, 0.6) is 0 Å². The van der Waals surface area contributed by atoms with E-state index < -0.39 is 232 Å². The Kier molecular flexibility index (Phi) is 18.2. The summed E-state index contributed by atoms with van der Waals surface area (Å²) in [6, 6.07) is 0. The van der Waals surface area contributed by atoms with Crippen molar-refractivity contribution >= 4 is 5.97 Å². The molecule has 28 nitrogen and oxygen atoms in total. The highest BCUT2D eigenvalue weighted by molar-refractivity contribution is 5.80. The second-order valence-corrected chi connectivity index (χ2v) is 27.5. The number of aliphatic hydroxyl groups excluding tert-OH is 16. The Bertz CT molecular complexity index is 2370. The van der Waals surface area contributed by atoms with E-state index in [1.54, 1.807) is 0 Å². The van der Waals surface area contributed by atoms with Crippen LogP contribution in [0.2, 0.25) is 0 Å². The van der Waals surface area contributed by atoms with Crippen molar-refractivity contribution in [1.82, 2.24) is 0 Å². The van der Waals surface area contributed by atoms with Crippen molar-refractivity contribution < 1.29 is 139 Å². The standard InChI is InChI=1S/C56H90O28/c1-22-38(79-44-37(70)39(27(62)17-75-44)80-48-41(71)55(74,20-59)21-77-48)33(66)36(69)45(78-22)81-40-31(64)26(61)16-76-47(40)84-49(73)56-12-11-50(2,3)13-24(56)23-7-8-28-51(4)14-25(60)42(82-46-35(68)32(65)34(67)43(72)83-46)54(18-57,19-58)29(51)9-10-52(28,5)53(23,6)15-30(56)63/h7,22,24-48,57-72,74H,8-21H2,1-6H3/t22-,24-,25-,26-,27+,28+,29+,30+,31-,32-,33-,34-,35+,36+,37+,38-,39-,40+,41-,42-,43-,44-,45-,46+,47-,48-,51+,52+,53+,55+,56+/m0/s1. The zero-order valence-electron chi connectivity index (χ0n) is 48.1. The molecule has 5 aliphatic carbocycles. The van der Waals surface area contributed by atoms with Crippen LogP contribution in [0.1, 0.15) is 92.9 Å². The molecule has 482 valence electrons. The van der Waals surface area contributed by atoms with Crippen LogP contribution < -0.4 is 0 Å². The van der Waals surface area contributed by atoms with Crippen LogP contribution in [-0.4, -0.2) is 280 Å². The molecule has 28 heteroatoms. The average molecular weight is 1210 g/mol. The molecule has 0 unspecified atom stereocenters. The Hall–Kier alpha value is -1.83. The summed E-state index contributed by atoms with van der Waals surface area (Å²) >= 11 is 0. The maximum atomic E-state index is 15.4. The molecular formula is C56H90O28. The molecule has 10 rings (SSSR count). The average Bonchev–Trinajstić information content (AvgIpc) is 0.738. The van der Waals surface area contributed by atoms with E-state index in [9.17, 15) is 86.8 Å². The summed E-state index contributed by atoms with van der Waals surface area (Å²) in [6.45, 7) is 8.07. The Morgan fingerprint density at radius 1 is 0.595 bits per heavy atom. The minimum absolute atomic E-state index is 0.0730. The van der Waals surface area contributed by atoms with Gasteiger partial charge in [0.25, 0.3) is 0 Å². The van der Waals surface area contributed by atoms with E-state index in [1.807, 2.05) is 6.92 Å². The Morgan fingerprint density at radius 3 is 1.89 bits per heavy atom. The fraction of sp³-hybridized carbons (Fsp3) is 0.946. The van der Waals surface area contributed by atoms with Crippen LogP contribution in [0.3, 0.4) is 0 Å². The van der Waals surface area contributed by atoms with Gasteiger partial charge < -0.3 is 134 Å². The third-order valence-electron chi connectivity index (χ3n) is 22.3. The first-order valence-electron chi connectivity index (χ1n) is 29.4. The van der Waals surface area contributed by atoms with Crippen LogP contribution in [0.4, 0.5) is 0 Å². The third-order valence-corrected chi connectivity index (χ3v) is 22.3. The van der Waals surface area contributed by atoms with Gasteiger partial charge in [0.15, 0.2) is 37.6 Å². The molecule has 5 aliphatic heterocycles. The highest BCUT2D eigenvalue weighted by atomic mass is 16.8. The normalized spacial score (nSPS) is 54.5. The summed E-state index contributed by atoms with van der Waals surface area (Å²) in [7, 11) is 0. The monoisotopic (exact) mass is 1210 g/mol. The van der Waals surface area contributed by atoms with Gasteiger partial charge in [-0.15, -0.1) is 0 Å². The number of carbonyl (C=O) groups is 1. The summed E-state index contributed by atoms with van der Waals surface area (Å²) < 4.78 is 58.0. The predicted octanol–water partition coefficient (Wildman–Crippen LogP) is -5.42. The van der Waals surface area contributed by atoms with Crippen LogP contribution in [0.25, 0.3) is 0 Å². The van der Waals surface area contributed by atoms with Gasteiger partial charge in [-0.1, -0.05) is 46.3 Å². The summed E-state index contributed by atoms with van der Waals surface area (Å²) in [5.41, 5.74) is -6.91. The van der Waals surface area contributed by atoms with Gasteiger partial charge in [-0.2, -0.15) is 0 Å². The van der Waals surface area contributed by atoms with Crippen LogP contribution in [0, 0.1) is 50.2 Å². The van der Waals surface area contributed by atoms with E-state index in [1.165, 1.54) is 6.92 Å². The predicted molar refractivity (Wildman–Crippen MR) is 277 cm³/mol. The number of fused-ring (bicyclic) bond motifs is 7. The van der Waals surface area contributed by atoms with E-state index in [0.717, 1.165) is 5.57 Å².